The summed E-state index contributed by atoms with van der Waals surface area (Å²) < 4.78 is 0. The van der Waals surface area contributed by atoms with Gasteiger partial charge in [-0.15, -0.1) is 11.3 Å². The topological polar surface area (TPSA) is 93.3 Å². The van der Waals surface area contributed by atoms with Gasteiger partial charge in [0.15, 0.2) is 0 Å². The number of carboxylic acid groups (broad SMARTS) is 1. The van der Waals surface area contributed by atoms with E-state index in [1.807, 2.05) is 30.3 Å². The average Bonchev–Trinajstić information content (AvgIpc) is 3.24. The van der Waals surface area contributed by atoms with Crippen LogP contribution in [-0.2, 0) is 0 Å². The van der Waals surface area contributed by atoms with E-state index in [1.54, 1.807) is 47.8 Å². The molecule has 0 fully saturated rings. The summed E-state index contributed by atoms with van der Waals surface area (Å²) >= 11 is 1.24. The predicted octanol–water partition coefficient (Wildman–Crippen LogP) is 5.75. The summed E-state index contributed by atoms with van der Waals surface area (Å²) in [5, 5.41) is 23.9. The molecule has 1 heterocycles. The third-order valence-corrected chi connectivity index (χ3v) is 5.34. The Morgan fingerprint density at radius 1 is 0.897 bits per heavy atom. The zero-order valence-corrected chi connectivity index (χ0v) is 15.8. The minimum absolute atomic E-state index is 0.194. The summed E-state index contributed by atoms with van der Waals surface area (Å²) in [5.74, 6) is -1.35. The molecule has 0 saturated carbocycles. The molecule has 7 heteroatoms. The van der Waals surface area contributed by atoms with Gasteiger partial charge in [-0.1, -0.05) is 66.7 Å². The van der Waals surface area contributed by atoms with Gasteiger partial charge in [-0.3, -0.25) is 10.1 Å². The molecule has 142 valence electrons. The number of hydrogen-bond acceptors (Lipinski definition) is 5. The van der Waals surface area contributed by atoms with Gasteiger partial charge in [0.2, 0.25) is 0 Å². The van der Waals surface area contributed by atoms with Crippen molar-refractivity contribution in [3.05, 3.63) is 93.9 Å². The first-order valence-electron chi connectivity index (χ1n) is 8.67. The van der Waals surface area contributed by atoms with Gasteiger partial charge < -0.3 is 5.11 Å². The molecule has 0 atom stereocenters. The van der Waals surface area contributed by atoms with Crippen molar-refractivity contribution in [1.29, 1.82) is 0 Å². The maximum atomic E-state index is 12.0. The SMILES string of the molecule is O=C(O)c1c(-c2ccccc2)ccc(-c2nc(-c3ccccc3)cs2)c1[N+](=O)[O-]. The first kappa shape index (κ1) is 18.5. The third-order valence-electron chi connectivity index (χ3n) is 4.46. The second kappa shape index (κ2) is 7.65. The molecule has 4 rings (SSSR count). The Morgan fingerprint density at radius 3 is 2.07 bits per heavy atom. The standard InChI is InChI=1S/C22H14N2O4S/c25-22(26)19-16(14-7-3-1-4-8-14)11-12-17(20(19)24(27)28)21-23-18(13-29-21)15-9-5-2-6-10-15/h1-13H,(H,25,26). The summed E-state index contributed by atoms with van der Waals surface area (Å²) in [6, 6.07) is 21.4. The summed E-state index contributed by atoms with van der Waals surface area (Å²) in [7, 11) is 0. The number of rotatable bonds is 5. The Bertz CT molecular complexity index is 1200. The molecule has 0 unspecified atom stereocenters. The molecule has 4 aromatic rings. The van der Waals surface area contributed by atoms with Crippen molar-refractivity contribution in [3.63, 3.8) is 0 Å². The van der Waals surface area contributed by atoms with Crippen molar-refractivity contribution >= 4 is 23.0 Å². The number of nitro groups is 1. The molecule has 29 heavy (non-hydrogen) atoms. The number of nitrogens with zero attached hydrogens (tertiary/aromatic N) is 2. The minimum Gasteiger partial charge on any atom is -0.477 e. The number of carbonyl (C=O) groups is 1. The van der Waals surface area contributed by atoms with Gasteiger partial charge in [0, 0.05) is 16.5 Å². The molecule has 1 aromatic heterocycles. The second-order valence-corrected chi connectivity index (χ2v) is 7.07. The fourth-order valence-electron chi connectivity index (χ4n) is 3.17. The van der Waals surface area contributed by atoms with Crippen LogP contribution in [0.2, 0.25) is 0 Å². The monoisotopic (exact) mass is 402 g/mol. The average molecular weight is 402 g/mol. The molecule has 0 spiro atoms. The van der Waals surface area contributed by atoms with E-state index >= 15 is 0 Å². The highest BCUT2D eigenvalue weighted by molar-refractivity contribution is 7.13. The van der Waals surface area contributed by atoms with Crippen molar-refractivity contribution < 1.29 is 14.8 Å². The zero-order valence-electron chi connectivity index (χ0n) is 15.0. The van der Waals surface area contributed by atoms with Crippen LogP contribution in [0.5, 0.6) is 0 Å². The number of aromatic carboxylic acids is 1. The summed E-state index contributed by atoms with van der Waals surface area (Å²) in [6.07, 6.45) is 0. The molecule has 0 radical (unpaired) electrons. The number of thiazole rings is 1. The molecule has 0 aliphatic heterocycles. The van der Waals surface area contributed by atoms with E-state index in [2.05, 4.69) is 4.98 Å². The van der Waals surface area contributed by atoms with Crippen molar-refractivity contribution in [2.75, 3.05) is 0 Å². The van der Waals surface area contributed by atoms with Crippen LogP contribution in [0.3, 0.4) is 0 Å². The lowest BCUT2D eigenvalue weighted by Gasteiger charge is -2.10. The molecule has 0 aliphatic carbocycles. The first-order valence-corrected chi connectivity index (χ1v) is 9.55. The van der Waals surface area contributed by atoms with Crippen LogP contribution in [0.15, 0.2) is 78.2 Å². The Labute approximate surface area is 169 Å². The zero-order chi connectivity index (χ0) is 20.4. The molecular formula is C22H14N2O4S. The smallest absolute Gasteiger partial charge is 0.343 e. The van der Waals surface area contributed by atoms with E-state index in [-0.39, 0.29) is 11.1 Å². The Hall–Kier alpha value is -3.84. The van der Waals surface area contributed by atoms with E-state index in [1.165, 1.54) is 11.3 Å². The van der Waals surface area contributed by atoms with Crippen LogP contribution >= 0.6 is 11.3 Å². The van der Waals surface area contributed by atoms with Crippen LogP contribution in [0, 0.1) is 10.1 Å². The quantitative estimate of drug-likeness (QED) is 0.339. The van der Waals surface area contributed by atoms with Gasteiger partial charge in [-0.05, 0) is 11.6 Å². The van der Waals surface area contributed by atoms with Gasteiger partial charge in [0.25, 0.3) is 5.69 Å². The van der Waals surface area contributed by atoms with Crippen molar-refractivity contribution in [2.24, 2.45) is 0 Å². The lowest BCUT2D eigenvalue weighted by Crippen LogP contribution is -2.07. The Balaban J connectivity index is 1.91. The highest BCUT2D eigenvalue weighted by atomic mass is 32.1. The van der Waals surface area contributed by atoms with Crippen LogP contribution in [0.25, 0.3) is 33.0 Å². The fraction of sp³-hybridized carbons (Fsp3) is 0. The number of benzene rings is 3. The molecule has 0 amide bonds. The molecule has 0 saturated heterocycles. The maximum Gasteiger partial charge on any atom is 0.343 e. The number of aromatic nitrogens is 1. The van der Waals surface area contributed by atoms with Crippen LogP contribution < -0.4 is 0 Å². The number of hydrogen-bond donors (Lipinski definition) is 1. The van der Waals surface area contributed by atoms with Gasteiger partial charge in [0.1, 0.15) is 10.6 Å². The molecule has 0 aliphatic rings. The first-order chi connectivity index (χ1) is 14.1. The van der Waals surface area contributed by atoms with E-state index in [0.717, 1.165) is 5.56 Å². The van der Waals surface area contributed by atoms with Crippen molar-refractivity contribution in [1.82, 2.24) is 4.98 Å². The van der Waals surface area contributed by atoms with Gasteiger partial charge in [-0.2, -0.15) is 0 Å². The number of carboxylic acids is 1. The molecule has 1 N–H and O–H groups in total. The second-order valence-electron chi connectivity index (χ2n) is 6.22. The Kier molecular flexibility index (Phi) is 4.88. The van der Waals surface area contributed by atoms with E-state index < -0.39 is 16.6 Å². The Morgan fingerprint density at radius 2 is 1.48 bits per heavy atom. The summed E-state index contributed by atoms with van der Waals surface area (Å²) in [5.41, 5.74) is 1.88. The van der Waals surface area contributed by atoms with Crippen molar-refractivity contribution in [3.8, 4) is 33.0 Å². The largest absolute Gasteiger partial charge is 0.477 e. The van der Waals surface area contributed by atoms with Gasteiger partial charge in [0.05, 0.1) is 16.2 Å². The normalized spacial score (nSPS) is 10.6. The maximum absolute atomic E-state index is 12.0. The number of nitro benzene ring substituents is 1. The van der Waals surface area contributed by atoms with E-state index in [9.17, 15) is 20.0 Å². The van der Waals surface area contributed by atoms with E-state index in [0.29, 0.717) is 21.8 Å². The third kappa shape index (κ3) is 3.51. The molecular weight excluding hydrogens is 388 g/mol. The van der Waals surface area contributed by atoms with Gasteiger partial charge in [-0.25, -0.2) is 9.78 Å². The molecule has 6 nitrogen and oxygen atoms in total. The fourth-order valence-corrected chi connectivity index (χ4v) is 4.02. The lowest BCUT2D eigenvalue weighted by molar-refractivity contribution is -0.384. The van der Waals surface area contributed by atoms with Crippen LogP contribution in [0.4, 0.5) is 5.69 Å². The highest BCUT2D eigenvalue weighted by Gasteiger charge is 2.30. The highest BCUT2D eigenvalue weighted by Crippen LogP contribution is 2.40. The van der Waals surface area contributed by atoms with E-state index in [4.69, 9.17) is 0 Å². The molecule has 0 bridgehead atoms. The lowest BCUT2D eigenvalue weighted by atomic mass is 9.95. The molecule has 3 aromatic carbocycles. The minimum atomic E-state index is -1.35. The van der Waals surface area contributed by atoms with Crippen molar-refractivity contribution in [2.45, 2.75) is 0 Å². The summed E-state index contributed by atoms with van der Waals surface area (Å²) in [4.78, 5) is 27.8. The van der Waals surface area contributed by atoms with Gasteiger partial charge >= 0.3 is 5.97 Å². The van der Waals surface area contributed by atoms with Crippen LogP contribution in [-0.4, -0.2) is 21.0 Å². The van der Waals surface area contributed by atoms with Crippen LogP contribution in [0.1, 0.15) is 10.4 Å². The predicted molar refractivity (Wildman–Crippen MR) is 112 cm³/mol. The summed E-state index contributed by atoms with van der Waals surface area (Å²) in [6.45, 7) is 0.